The molecule has 1 N–H and O–H groups in total. The quantitative estimate of drug-likeness (QED) is 0.778. The van der Waals surface area contributed by atoms with Gasteiger partial charge >= 0.3 is 0 Å². The molecule has 3 heteroatoms. The summed E-state index contributed by atoms with van der Waals surface area (Å²) in [5.74, 6) is 0. The Labute approximate surface area is 79.4 Å². The van der Waals surface area contributed by atoms with E-state index in [1.165, 1.54) is 0 Å². The van der Waals surface area contributed by atoms with E-state index in [9.17, 15) is 5.11 Å². The van der Waals surface area contributed by atoms with Crippen molar-refractivity contribution in [2.45, 2.75) is 46.3 Å². The van der Waals surface area contributed by atoms with E-state index in [2.05, 4.69) is 18.9 Å². The number of nitrogens with zero attached hydrogens (tertiary/aromatic N) is 2. The molecule has 1 aromatic heterocycles. The van der Waals surface area contributed by atoms with Gasteiger partial charge in [0.05, 0.1) is 11.8 Å². The predicted octanol–water partition coefficient (Wildman–Crippen LogP) is 2.22. The van der Waals surface area contributed by atoms with Gasteiger partial charge in [0.25, 0.3) is 0 Å². The van der Waals surface area contributed by atoms with Gasteiger partial charge in [0, 0.05) is 17.8 Å². The predicted molar refractivity (Wildman–Crippen MR) is 52.6 cm³/mol. The zero-order valence-electron chi connectivity index (χ0n) is 8.78. The molecule has 0 aliphatic carbocycles. The first kappa shape index (κ1) is 10.3. The third-order valence-electron chi connectivity index (χ3n) is 2.23. The first-order valence-corrected chi connectivity index (χ1v) is 4.80. The van der Waals surface area contributed by atoms with Crippen molar-refractivity contribution in [2.75, 3.05) is 0 Å². The van der Waals surface area contributed by atoms with Crippen LogP contribution < -0.4 is 0 Å². The molecule has 1 aromatic rings. The molecule has 13 heavy (non-hydrogen) atoms. The van der Waals surface area contributed by atoms with Gasteiger partial charge in [-0.15, -0.1) is 0 Å². The zero-order chi connectivity index (χ0) is 10.0. The van der Waals surface area contributed by atoms with E-state index in [0.717, 1.165) is 17.7 Å². The standard InChI is InChI=1S/C10H18N2O/c1-5-10(13)9-6-12(7(2)3)11-8(9)4/h6-7,10,13H,5H2,1-4H3. The van der Waals surface area contributed by atoms with Crippen LogP contribution in [-0.2, 0) is 0 Å². The molecule has 1 atom stereocenters. The van der Waals surface area contributed by atoms with Crippen molar-refractivity contribution < 1.29 is 5.11 Å². The molecule has 0 fully saturated rings. The van der Waals surface area contributed by atoms with E-state index >= 15 is 0 Å². The van der Waals surface area contributed by atoms with Gasteiger partial charge in [0.15, 0.2) is 0 Å². The van der Waals surface area contributed by atoms with E-state index in [1.807, 2.05) is 24.7 Å². The van der Waals surface area contributed by atoms with Gasteiger partial charge in [-0.2, -0.15) is 5.10 Å². The maximum Gasteiger partial charge on any atom is 0.0820 e. The third-order valence-corrected chi connectivity index (χ3v) is 2.23. The number of aryl methyl sites for hydroxylation is 1. The summed E-state index contributed by atoms with van der Waals surface area (Å²) in [6.45, 7) is 8.06. The lowest BCUT2D eigenvalue weighted by molar-refractivity contribution is 0.173. The van der Waals surface area contributed by atoms with Gasteiger partial charge in [-0.05, 0) is 27.2 Å². The maximum atomic E-state index is 9.65. The topological polar surface area (TPSA) is 38.0 Å². The summed E-state index contributed by atoms with van der Waals surface area (Å²) in [5, 5.41) is 14.0. The molecule has 0 spiro atoms. The van der Waals surface area contributed by atoms with Gasteiger partial charge in [-0.3, -0.25) is 4.68 Å². The highest BCUT2D eigenvalue weighted by molar-refractivity contribution is 5.18. The number of hydrogen-bond donors (Lipinski definition) is 1. The highest BCUT2D eigenvalue weighted by Crippen LogP contribution is 2.20. The van der Waals surface area contributed by atoms with E-state index in [0.29, 0.717) is 6.04 Å². The fourth-order valence-corrected chi connectivity index (χ4v) is 1.31. The van der Waals surface area contributed by atoms with Crippen LogP contribution in [0.3, 0.4) is 0 Å². The summed E-state index contributed by atoms with van der Waals surface area (Å²) < 4.78 is 1.89. The summed E-state index contributed by atoms with van der Waals surface area (Å²) in [4.78, 5) is 0. The molecule has 0 amide bonds. The smallest absolute Gasteiger partial charge is 0.0820 e. The molecular weight excluding hydrogens is 164 g/mol. The summed E-state index contributed by atoms with van der Waals surface area (Å²) in [7, 11) is 0. The Morgan fingerprint density at radius 1 is 1.54 bits per heavy atom. The molecule has 0 aromatic carbocycles. The maximum absolute atomic E-state index is 9.65. The van der Waals surface area contributed by atoms with Crippen molar-refractivity contribution in [3.63, 3.8) is 0 Å². The van der Waals surface area contributed by atoms with E-state index in [1.54, 1.807) is 0 Å². The first-order valence-electron chi connectivity index (χ1n) is 4.80. The average Bonchev–Trinajstić information content (AvgIpc) is 2.46. The Morgan fingerprint density at radius 2 is 2.15 bits per heavy atom. The second-order valence-corrected chi connectivity index (χ2v) is 3.67. The van der Waals surface area contributed by atoms with Crippen LogP contribution in [-0.4, -0.2) is 14.9 Å². The Balaban J connectivity index is 2.96. The molecule has 1 rings (SSSR count). The van der Waals surface area contributed by atoms with Gasteiger partial charge < -0.3 is 5.11 Å². The molecule has 0 aliphatic rings. The minimum atomic E-state index is -0.368. The lowest BCUT2D eigenvalue weighted by Gasteiger charge is -2.05. The Hall–Kier alpha value is -0.830. The molecular formula is C10H18N2O. The van der Waals surface area contributed by atoms with Crippen molar-refractivity contribution in [3.05, 3.63) is 17.5 Å². The minimum Gasteiger partial charge on any atom is -0.388 e. The SMILES string of the molecule is CCC(O)c1cn(C(C)C)nc1C. The Bertz CT molecular complexity index is 278. The summed E-state index contributed by atoms with van der Waals surface area (Å²) >= 11 is 0. The summed E-state index contributed by atoms with van der Waals surface area (Å²) in [6.07, 6.45) is 2.31. The molecule has 0 saturated heterocycles. The van der Waals surface area contributed by atoms with Crippen LogP contribution in [0.5, 0.6) is 0 Å². The van der Waals surface area contributed by atoms with Gasteiger partial charge in [0.2, 0.25) is 0 Å². The molecule has 0 saturated carbocycles. The van der Waals surface area contributed by atoms with Crippen molar-refractivity contribution >= 4 is 0 Å². The van der Waals surface area contributed by atoms with Gasteiger partial charge in [-0.1, -0.05) is 6.92 Å². The van der Waals surface area contributed by atoms with E-state index in [-0.39, 0.29) is 6.10 Å². The second kappa shape index (κ2) is 3.92. The minimum absolute atomic E-state index is 0.358. The van der Waals surface area contributed by atoms with Crippen LogP contribution in [0.2, 0.25) is 0 Å². The number of aliphatic hydroxyl groups excluding tert-OH is 1. The number of hydrogen-bond acceptors (Lipinski definition) is 2. The summed E-state index contributed by atoms with van der Waals surface area (Å²) in [6, 6.07) is 0.358. The van der Waals surface area contributed by atoms with Crippen LogP contribution in [0.1, 0.15) is 50.6 Å². The van der Waals surface area contributed by atoms with Crippen molar-refractivity contribution in [1.82, 2.24) is 9.78 Å². The third kappa shape index (κ3) is 2.10. The molecule has 0 bridgehead atoms. The second-order valence-electron chi connectivity index (χ2n) is 3.67. The fourth-order valence-electron chi connectivity index (χ4n) is 1.31. The van der Waals surface area contributed by atoms with Crippen LogP contribution in [0.25, 0.3) is 0 Å². The molecule has 0 aliphatic heterocycles. The highest BCUT2D eigenvalue weighted by atomic mass is 16.3. The molecule has 1 unspecified atom stereocenters. The van der Waals surface area contributed by atoms with E-state index < -0.39 is 0 Å². The largest absolute Gasteiger partial charge is 0.388 e. The molecule has 0 radical (unpaired) electrons. The zero-order valence-corrected chi connectivity index (χ0v) is 8.78. The molecule has 74 valence electrons. The lowest BCUT2D eigenvalue weighted by Crippen LogP contribution is -2.00. The Kier molecular flexibility index (Phi) is 3.09. The lowest BCUT2D eigenvalue weighted by atomic mass is 10.1. The highest BCUT2D eigenvalue weighted by Gasteiger charge is 2.12. The van der Waals surface area contributed by atoms with Gasteiger partial charge in [-0.25, -0.2) is 0 Å². The fraction of sp³-hybridized carbons (Fsp3) is 0.700. The summed E-state index contributed by atoms with van der Waals surface area (Å²) in [5.41, 5.74) is 1.89. The number of rotatable bonds is 3. The first-order chi connectivity index (χ1) is 6.06. The molecule has 3 nitrogen and oxygen atoms in total. The number of aromatic nitrogens is 2. The van der Waals surface area contributed by atoms with Crippen molar-refractivity contribution in [3.8, 4) is 0 Å². The van der Waals surface area contributed by atoms with Crippen LogP contribution in [0.15, 0.2) is 6.20 Å². The van der Waals surface area contributed by atoms with E-state index in [4.69, 9.17) is 0 Å². The Morgan fingerprint density at radius 3 is 2.54 bits per heavy atom. The van der Waals surface area contributed by atoms with Crippen LogP contribution >= 0.6 is 0 Å². The van der Waals surface area contributed by atoms with Crippen molar-refractivity contribution in [1.29, 1.82) is 0 Å². The normalized spacial score (nSPS) is 13.7. The monoisotopic (exact) mass is 182 g/mol. The van der Waals surface area contributed by atoms with Gasteiger partial charge in [0.1, 0.15) is 0 Å². The van der Waals surface area contributed by atoms with Crippen molar-refractivity contribution in [2.24, 2.45) is 0 Å². The molecule has 1 heterocycles. The number of aliphatic hydroxyl groups is 1. The average molecular weight is 182 g/mol. The van der Waals surface area contributed by atoms with Crippen LogP contribution in [0, 0.1) is 6.92 Å². The van der Waals surface area contributed by atoms with Crippen LogP contribution in [0.4, 0.5) is 0 Å².